The number of hydrogen-bond acceptors (Lipinski definition) is 4. The third-order valence-corrected chi connectivity index (χ3v) is 4.33. The number of fused-ring (bicyclic) bond motifs is 1. The van der Waals surface area contributed by atoms with Crippen molar-refractivity contribution in [3.63, 3.8) is 0 Å². The number of aryl methyl sites for hydroxylation is 1. The second kappa shape index (κ2) is 11.6. The van der Waals surface area contributed by atoms with E-state index >= 15 is 0 Å². The highest BCUT2D eigenvalue weighted by Gasteiger charge is 2.10. The van der Waals surface area contributed by atoms with Gasteiger partial charge in [0.1, 0.15) is 5.75 Å². The van der Waals surface area contributed by atoms with Crippen LogP contribution in [0.5, 0.6) is 17.2 Å². The summed E-state index contributed by atoms with van der Waals surface area (Å²) in [6, 6.07) is 13.9. The third-order valence-electron chi connectivity index (χ3n) is 4.33. The van der Waals surface area contributed by atoms with Gasteiger partial charge in [0.2, 0.25) is 0 Å². The molecule has 0 fully saturated rings. The Morgan fingerprint density at radius 1 is 1.07 bits per heavy atom. The van der Waals surface area contributed by atoms with Crippen LogP contribution in [0.25, 0.3) is 0 Å². The first kappa shape index (κ1) is 22.1. The van der Waals surface area contributed by atoms with Crippen molar-refractivity contribution in [3.05, 3.63) is 48.0 Å². The summed E-state index contributed by atoms with van der Waals surface area (Å²) in [7, 11) is 1.68. The lowest BCUT2D eigenvalue weighted by atomic mass is 10.1. The number of aliphatic imine (C=N–C) groups is 1. The van der Waals surface area contributed by atoms with E-state index in [1.807, 2.05) is 30.3 Å². The standard InChI is InChI=1S/C21H27N3O3.HI/c1-25-18-9-6-16(7-10-18)5-2-3-12-23-21(22)24-17-8-11-19-20(15-17)27-14-4-13-26-19;/h6-11,15H,2-5,12-14H2,1H3,(H3,22,23,24);1H. The molecule has 1 aliphatic heterocycles. The predicted octanol–water partition coefficient (Wildman–Crippen LogP) is 4.22. The van der Waals surface area contributed by atoms with Gasteiger partial charge in [-0.15, -0.1) is 24.0 Å². The van der Waals surface area contributed by atoms with E-state index in [4.69, 9.17) is 19.9 Å². The van der Waals surface area contributed by atoms with Crippen LogP contribution in [0.15, 0.2) is 47.5 Å². The fraction of sp³-hybridized carbons (Fsp3) is 0.381. The Morgan fingerprint density at radius 2 is 1.82 bits per heavy atom. The van der Waals surface area contributed by atoms with Crippen LogP contribution < -0.4 is 25.3 Å². The molecule has 0 spiro atoms. The van der Waals surface area contributed by atoms with Gasteiger partial charge in [-0.25, -0.2) is 0 Å². The molecule has 0 radical (unpaired) electrons. The van der Waals surface area contributed by atoms with Gasteiger partial charge in [0, 0.05) is 24.7 Å². The van der Waals surface area contributed by atoms with Gasteiger partial charge in [-0.1, -0.05) is 12.1 Å². The smallest absolute Gasteiger partial charge is 0.193 e. The fourth-order valence-electron chi connectivity index (χ4n) is 2.86. The van der Waals surface area contributed by atoms with E-state index in [1.54, 1.807) is 7.11 Å². The monoisotopic (exact) mass is 497 g/mol. The van der Waals surface area contributed by atoms with E-state index in [0.717, 1.165) is 48.6 Å². The molecule has 3 rings (SSSR count). The molecule has 0 saturated carbocycles. The van der Waals surface area contributed by atoms with E-state index in [0.29, 0.717) is 25.7 Å². The number of nitrogens with two attached hydrogens (primary N) is 1. The van der Waals surface area contributed by atoms with Crippen LogP contribution in [0.2, 0.25) is 0 Å². The first-order valence-corrected chi connectivity index (χ1v) is 9.34. The van der Waals surface area contributed by atoms with Crippen LogP contribution in [-0.4, -0.2) is 32.8 Å². The minimum atomic E-state index is 0. The van der Waals surface area contributed by atoms with Crippen LogP contribution in [0, 0.1) is 0 Å². The van der Waals surface area contributed by atoms with Gasteiger partial charge in [0.05, 0.1) is 20.3 Å². The summed E-state index contributed by atoms with van der Waals surface area (Å²) in [5, 5.41) is 3.11. The molecule has 28 heavy (non-hydrogen) atoms. The van der Waals surface area contributed by atoms with Crippen LogP contribution in [-0.2, 0) is 6.42 Å². The molecule has 0 unspecified atom stereocenters. The van der Waals surface area contributed by atoms with E-state index in [1.165, 1.54) is 5.56 Å². The topological polar surface area (TPSA) is 78.1 Å². The molecule has 0 bridgehead atoms. The zero-order valence-corrected chi connectivity index (χ0v) is 18.5. The fourth-order valence-corrected chi connectivity index (χ4v) is 2.86. The number of ether oxygens (including phenoxy) is 3. The Hall–Kier alpha value is -2.16. The second-order valence-corrected chi connectivity index (χ2v) is 6.41. The van der Waals surface area contributed by atoms with Gasteiger partial charge >= 0.3 is 0 Å². The molecule has 6 nitrogen and oxygen atoms in total. The summed E-state index contributed by atoms with van der Waals surface area (Å²) in [5.41, 5.74) is 8.14. The van der Waals surface area contributed by atoms with Crippen molar-refractivity contribution < 1.29 is 14.2 Å². The molecule has 0 amide bonds. The van der Waals surface area contributed by atoms with Crippen LogP contribution >= 0.6 is 24.0 Å². The second-order valence-electron chi connectivity index (χ2n) is 6.41. The zero-order valence-electron chi connectivity index (χ0n) is 16.1. The van der Waals surface area contributed by atoms with Crippen molar-refractivity contribution in [3.8, 4) is 17.2 Å². The van der Waals surface area contributed by atoms with Crippen molar-refractivity contribution in [2.24, 2.45) is 10.7 Å². The molecule has 0 saturated heterocycles. The first-order valence-electron chi connectivity index (χ1n) is 9.34. The summed E-state index contributed by atoms with van der Waals surface area (Å²) in [6.45, 7) is 2.04. The molecule has 2 aromatic carbocycles. The highest BCUT2D eigenvalue weighted by Crippen LogP contribution is 2.32. The number of nitrogens with zero attached hydrogens (tertiary/aromatic N) is 1. The Kier molecular flexibility index (Phi) is 9.19. The Balaban J connectivity index is 0.00000280. The van der Waals surface area contributed by atoms with E-state index in [2.05, 4.69) is 22.4 Å². The Bertz CT molecular complexity index is 766. The van der Waals surface area contributed by atoms with Gasteiger partial charge in [0.25, 0.3) is 0 Å². The first-order chi connectivity index (χ1) is 13.2. The molecule has 1 heterocycles. The normalized spacial score (nSPS) is 13.2. The lowest BCUT2D eigenvalue weighted by molar-refractivity contribution is 0.297. The molecule has 2 aromatic rings. The van der Waals surface area contributed by atoms with Gasteiger partial charge in [-0.05, 0) is 49.1 Å². The SMILES string of the molecule is COc1ccc(CCCCN=C(N)Nc2ccc3c(c2)OCCCO3)cc1.I. The van der Waals surface area contributed by atoms with Gasteiger partial charge in [-0.2, -0.15) is 0 Å². The number of nitrogens with one attached hydrogen (secondary N) is 1. The third kappa shape index (κ3) is 6.78. The van der Waals surface area contributed by atoms with E-state index in [9.17, 15) is 0 Å². The van der Waals surface area contributed by atoms with Crippen molar-refractivity contribution in [2.75, 3.05) is 32.2 Å². The Labute approximate surface area is 183 Å². The largest absolute Gasteiger partial charge is 0.497 e. The average molecular weight is 497 g/mol. The highest BCUT2D eigenvalue weighted by atomic mass is 127. The summed E-state index contributed by atoms with van der Waals surface area (Å²) in [6.07, 6.45) is 3.95. The molecule has 0 aliphatic carbocycles. The van der Waals surface area contributed by atoms with Gasteiger partial charge < -0.3 is 25.3 Å². The quantitative estimate of drug-likeness (QED) is 0.259. The van der Waals surface area contributed by atoms with E-state index < -0.39 is 0 Å². The molecule has 152 valence electrons. The minimum absolute atomic E-state index is 0. The lowest BCUT2D eigenvalue weighted by Crippen LogP contribution is -2.22. The number of anilines is 1. The number of halogens is 1. The summed E-state index contributed by atoms with van der Waals surface area (Å²) in [5.74, 6) is 2.81. The molecule has 1 aliphatic rings. The lowest BCUT2D eigenvalue weighted by Gasteiger charge is -2.10. The number of unbranched alkanes of at least 4 members (excludes halogenated alkanes) is 1. The molecule has 7 heteroatoms. The molecular weight excluding hydrogens is 469 g/mol. The predicted molar refractivity (Wildman–Crippen MR) is 124 cm³/mol. The van der Waals surface area contributed by atoms with Crippen molar-refractivity contribution in [1.82, 2.24) is 0 Å². The van der Waals surface area contributed by atoms with Crippen LogP contribution in [0.4, 0.5) is 5.69 Å². The summed E-state index contributed by atoms with van der Waals surface area (Å²) < 4.78 is 16.5. The molecular formula is C21H28IN3O3. The number of rotatable bonds is 7. The van der Waals surface area contributed by atoms with Crippen molar-refractivity contribution >= 4 is 35.6 Å². The van der Waals surface area contributed by atoms with Crippen molar-refractivity contribution in [1.29, 1.82) is 0 Å². The van der Waals surface area contributed by atoms with Crippen molar-refractivity contribution in [2.45, 2.75) is 25.7 Å². The number of benzene rings is 2. The maximum atomic E-state index is 5.99. The number of methoxy groups -OCH3 is 1. The van der Waals surface area contributed by atoms with Gasteiger partial charge in [-0.3, -0.25) is 4.99 Å². The minimum Gasteiger partial charge on any atom is -0.497 e. The average Bonchev–Trinajstić information content (AvgIpc) is 2.93. The maximum absolute atomic E-state index is 5.99. The van der Waals surface area contributed by atoms with Gasteiger partial charge in [0.15, 0.2) is 17.5 Å². The van der Waals surface area contributed by atoms with Crippen LogP contribution in [0.1, 0.15) is 24.8 Å². The molecule has 3 N–H and O–H groups in total. The number of hydrogen-bond donors (Lipinski definition) is 2. The number of guanidine groups is 1. The Morgan fingerprint density at radius 3 is 2.57 bits per heavy atom. The van der Waals surface area contributed by atoms with Crippen LogP contribution in [0.3, 0.4) is 0 Å². The summed E-state index contributed by atoms with van der Waals surface area (Å²) in [4.78, 5) is 4.40. The molecule has 0 aromatic heterocycles. The zero-order chi connectivity index (χ0) is 18.9. The summed E-state index contributed by atoms with van der Waals surface area (Å²) >= 11 is 0. The molecule has 0 atom stereocenters. The van der Waals surface area contributed by atoms with E-state index in [-0.39, 0.29) is 24.0 Å². The highest BCUT2D eigenvalue weighted by molar-refractivity contribution is 14.0. The maximum Gasteiger partial charge on any atom is 0.193 e.